The summed E-state index contributed by atoms with van der Waals surface area (Å²) in [6.45, 7) is 1.98. The van der Waals surface area contributed by atoms with Crippen LogP contribution in [0.4, 0.5) is 11.1 Å². The molecule has 0 radical (unpaired) electrons. The van der Waals surface area contributed by atoms with Crippen molar-refractivity contribution in [1.29, 1.82) is 0 Å². The number of oxazole rings is 1. The van der Waals surface area contributed by atoms with E-state index in [0.717, 1.165) is 21.4 Å². The minimum atomic E-state index is 0.408. The van der Waals surface area contributed by atoms with E-state index in [9.17, 15) is 0 Å². The van der Waals surface area contributed by atoms with E-state index in [1.165, 1.54) is 11.3 Å². The van der Waals surface area contributed by atoms with Gasteiger partial charge in [-0.05, 0) is 30.7 Å². The van der Waals surface area contributed by atoms with Crippen LogP contribution in [0.1, 0.15) is 5.56 Å². The van der Waals surface area contributed by atoms with Gasteiger partial charge in [-0.2, -0.15) is 4.98 Å². The van der Waals surface area contributed by atoms with E-state index in [-0.39, 0.29) is 0 Å². The number of halogens is 2. The summed E-state index contributed by atoms with van der Waals surface area (Å²) in [5, 5.41) is 4.69. The van der Waals surface area contributed by atoms with Crippen LogP contribution < -0.4 is 5.32 Å². The summed E-state index contributed by atoms with van der Waals surface area (Å²) in [7, 11) is 0. The number of anilines is 2. The molecule has 4 rings (SSSR count). The number of nitrogens with zero attached hydrogens (tertiary/aromatic N) is 2. The Bertz CT molecular complexity index is 1010. The fourth-order valence-electron chi connectivity index (χ4n) is 2.22. The minimum Gasteiger partial charge on any atom is -0.423 e. The number of aryl methyl sites for hydroxylation is 1. The Kier molecular flexibility index (Phi) is 3.22. The molecule has 7 heteroatoms. The molecule has 0 atom stereocenters. The first-order valence-electron chi connectivity index (χ1n) is 6.49. The Morgan fingerprint density at radius 1 is 1.14 bits per heavy atom. The third kappa shape index (κ3) is 2.22. The topological polar surface area (TPSA) is 51.0 Å². The van der Waals surface area contributed by atoms with Crippen LogP contribution in [-0.2, 0) is 0 Å². The maximum absolute atomic E-state index is 6.17. The number of para-hydroxylation sites is 1. The van der Waals surface area contributed by atoms with Gasteiger partial charge >= 0.3 is 6.01 Å². The molecule has 0 aliphatic carbocycles. The zero-order valence-corrected chi connectivity index (χ0v) is 13.7. The number of thiazole rings is 1. The van der Waals surface area contributed by atoms with Gasteiger partial charge in [-0.3, -0.25) is 5.32 Å². The van der Waals surface area contributed by atoms with Crippen LogP contribution in [0.25, 0.3) is 21.3 Å². The molecule has 1 N–H and O–H groups in total. The lowest BCUT2D eigenvalue weighted by atomic mass is 10.2. The first-order chi connectivity index (χ1) is 10.6. The lowest BCUT2D eigenvalue weighted by Crippen LogP contribution is -1.88. The van der Waals surface area contributed by atoms with E-state index in [1.54, 1.807) is 6.07 Å². The number of hydrogen-bond acceptors (Lipinski definition) is 5. The number of aromatic nitrogens is 2. The molecule has 2 heterocycles. The van der Waals surface area contributed by atoms with E-state index >= 15 is 0 Å². The van der Waals surface area contributed by atoms with Gasteiger partial charge in [0.25, 0.3) is 0 Å². The third-order valence-corrected chi connectivity index (χ3v) is 5.01. The molecule has 0 fully saturated rings. The number of benzene rings is 2. The van der Waals surface area contributed by atoms with E-state index < -0.39 is 0 Å². The van der Waals surface area contributed by atoms with Gasteiger partial charge in [0.05, 0.1) is 14.7 Å². The molecule has 4 aromatic rings. The monoisotopic (exact) mass is 349 g/mol. The summed E-state index contributed by atoms with van der Waals surface area (Å²) in [5.41, 5.74) is 3.29. The summed E-state index contributed by atoms with van der Waals surface area (Å²) in [6.07, 6.45) is 0. The summed E-state index contributed by atoms with van der Waals surface area (Å²) in [6, 6.07) is 9.90. The Labute approximate surface area is 139 Å². The average molecular weight is 350 g/mol. The van der Waals surface area contributed by atoms with Crippen molar-refractivity contribution < 1.29 is 4.42 Å². The highest BCUT2D eigenvalue weighted by Gasteiger charge is 2.13. The second kappa shape index (κ2) is 5.12. The molecule has 0 aliphatic rings. The number of rotatable bonds is 2. The smallest absolute Gasteiger partial charge is 0.302 e. The molecular formula is C15H9Cl2N3OS. The summed E-state index contributed by atoms with van der Waals surface area (Å²) in [5.74, 6) is 0. The zero-order valence-electron chi connectivity index (χ0n) is 11.4. The molecule has 2 aromatic carbocycles. The quantitative estimate of drug-likeness (QED) is 0.497. The van der Waals surface area contributed by atoms with Crippen LogP contribution in [0.15, 0.2) is 34.7 Å². The fourth-order valence-corrected chi connectivity index (χ4v) is 3.50. The SMILES string of the molecule is Cc1cccc2nc(Nc3nc4c(Cl)c(Cl)ccc4s3)oc12. The standard InChI is InChI=1S/C15H9Cl2N3OS/c1-7-3-2-4-9-13(7)21-14(18-9)20-15-19-12-10(22-15)6-5-8(16)11(12)17/h2-6H,1H3,(H,18,19,20). The maximum Gasteiger partial charge on any atom is 0.302 e. The van der Waals surface area contributed by atoms with Crippen molar-refractivity contribution in [2.24, 2.45) is 0 Å². The van der Waals surface area contributed by atoms with Crippen LogP contribution in [0.2, 0.25) is 10.0 Å². The highest BCUT2D eigenvalue weighted by molar-refractivity contribution is 7.22. The summed E-state index contributed by atoms with van der Waals surface area (Å²) >= 11 is 13.6. The maximum atomic E-state index is 6.17. The molecule has 2 aromatic heterocycles. The van der Waals surface area contributed by atoms with Crippen LogP contribution in [0, 0.1) is 6.92 Å². The first-order valence-corrected chi connectivity index (χ1v) is 8.07. The van der Waals surface area contributed by atoms with Crippen molar-refractivity contribution in [2.75, 3.05) is 5.32 Å². The second-order valence-electron chi connectivity index (χ2n) is 4.79. The normalized spacial score (nSPS) is 11.4. The van der Waals surface area contributed by atoms with Gasteiger partial charge in [-0.1, -0.05) is 46.7 Å². The molecular weight excluding hydrogens is 341 g/mol. The van der Waals surface area contributed by atoms with Crippen LogP contribution in [-0.4, -0.2) is 9.97 Å². The number of hydrogen-bond donors (Lipinski definition) is 1. The van der Waals surface area contributed by atoms with Gasteiger partial charge in [-0.25, -0.2) is 4.98 Å². The molecule has 4 nitrogen and oxygen atoms in total. The Morgan fingerprint density at radius 2 is 2.00 bits per heavy atom. The molecule has 0 bridgehead atoms. The minimum absolute atomic E-state index is 0.408. The molecule has 0 aliphatic heterocycles. The van der Waals surface area contributed by atoms with Crippen LogP contribution in [0.3, 0.4) is 0 Å². The van der Waals surface area contributed by atoms with Crippen molar-refractivity contribution in [2.45, 2.75) is 6.92 Å². The number of nitrogens with one attached hydrogen (secondary N) is 1. The molecule has 110 valence electrons. The van der Waals surface area contributed by atoms with E-state index in [4.69, 9.17) is 27.6 Å². The van der Waals surface area contributed by atoms with Crippen molar-refractivity contribution >= 4 is 67.0 Å². The van der Waals surface area contributed by atoms with Gasteiger partial charge < -0.3 is 4.42 Å². The van der Waals surface area contributed by atoms with Crippen LogP contribution >= 0.6 is 34.5 Å². The Hall–Kier alpha value is -1.82. The Balaban J connectivity index is 1.76. The van der Waals surface area contributed by atoms with Gasteiger partial charge in [-0.15, -0.1) is 0 Å². The predicted octanol–water partition coefficient (Wildman–Crippen LogP) is 5.80. The van der Waals surface area contributed by atoms with Gasteiger partial charge in [0.2, 0.25) is 0 Å². The first kappa shape index (κ1) is 13.8. The van der Waals surface area contributed by atoms with Gasteiger partial charge in [0, 0.05) is 0 Å². The fraction of sp³-hybridized carbons (Fsp3) is 0.0667. The van der Waals surface area contributed by atoms with E-state index in [0.29, 0.717) is 26.7 Å². The molecule has 0 saturated heterocycles. The van der Waals surface area contributed by atoms with Crippen molar-refractivity contribution in [1.82, 2.24) is 9.97 Å². The highest BCUT2D eigenvalue weighted by Crippen LogP contribution is 2.36. The predicted molar refractivity (Wildman–Crippen MR) is 91.7 cm³/mol. The molecule has 0 amide bonds. The summed E-state index contributed by atoms with van der Waals surface area (Å²) < 4.78 is 6.69. The lowest BCUT2D eigenvalue weighted by molar-refractivity contribution is 0.620. The lowest BCUT2D eigenvalue weighted by Gasteiger charge is -1.94. The molecule has 22 heavy (non-hydrogen) atoms. The van der Waals surface area contributed by atoms with E-state index in [1.807, 2.05) is 31.2 Å². The third-order valence-electron chi connectivity index (χ3n) is 3.28. The number of fused-ring (bicyclic) bond motifs is 2. The van der Waals surface area contributed by atoms with Crippen molar-refractivity contribution in [3.8, 4) is 0 Å². The molecule has 0 spiro atoms. The van der Waals surface area contributed by atoms with Gasteiger partial charge in [0.15, 0.2) is 10.7 Å². The molecule has 0 unspecified atom stereocenters. The van der Waals surface area contributed by atoms with E-state index in [2.05, 4.69) is 15.3 Å². The average Bonchev–Trinajstić information content (AvgIpc) is 3.08. The second-order valence-corrected chi connectivity index (χ2v) is 6.61. The Morgan fingerprint density at radius 3 is 2.82 bits per heavy atom. The van der Waals surface area contributed by atoms with Crippen molar-refractivity contribution in [3.05, 3.63) is 45.9 Å². The van der Waals surface area contributed by atoms with Crippen molar-refractivity contribution in [3.63, 3.8) is 0 Å². The zero-order chi connectivity index (χ0) is 15.3. The summed E-state index contributed by atoms with van der Waals surface area (Å²) in [4.78, 5) is 8.86. The van der Waals surface area contributed by atoms with Crippen LogP contribution in [0.5, 0.6) is 0 Å². The largest absolute Gasteiger partial charge is 0.423 e. The highest BCUT2D eigenvalue weighted by atomic mass is 35.5. The van der Waals surface area contributed by atoms with Gasteiger partial charge in [0.1, 0.15) is 11.0 Å². The molecule has 0 saturated carbocycles.